The largest absolute Gasteiger partial charge is 0.338 e. The van der Waals surface area contributed by atoms with Crippen LogP contribution < -0.4 is 5.32 Å². The van der Waals surface area contributed by atoms with Gasteiger partial charge >= 0.3 is 0 Å². The number of carbonyl (C=O) groups is 2. The van der Waals surface area contributed by atoms with Crippen molar-refractivity contribution in [2.75, 3.05) is 12.4 Å². The van der Waals surface area contributed by atoms with Gasteiger partial charge in [-0.05, 0) is 31.2 Å². The fourth-order valence-electron chi connectivity index (χ4n) is 3.65. The van der Waals surface area contributed by atoms with Gasteiger partial charge in [-0.25, -0.2) is 0 Å². The van der Waals surface area contributed by atoms with Crippen LogP contribution in [0.5, 0.6) is 0 Å². The number of amides is 2. The van der Waals surface area contributed by atoms with Gasteiger partial charge < -0.3 is 10.2 Å². The zero-order chi connectivity index (χ0) is 18.3. The van der Waals surface area contributed by atoms with Crippen molar-refractivity contribution in [2.24, 2.45) is 11.8 Å². The van der Waals surface area contributed by atoms with E-state index in [2.05, 4.69) is 10.4 Å². The molecule has 1 saturated heterocycles. The lowest BCUT2D eigenvalue weighted by molar-refractivity contribution is -0.127. The van der Waals surface area contributed by atoms with Crippen LogP contribution in [-0.4, -0.2) is 33.5 Å². The van der Waals surface area contributed by atoms with Crippen LogP contribution in [0.4, 0.5) is 5.69 Å². The molecule has 136 valence electrons. The third-order valence-electron chi connectivity index (χ3n) is 5.38. The zero-order valence-corrected chi connectivity index (χ0v) is 15.2. The highest BCUT2D eigenvalue weighted by molar-refractivity contribution is 5.97. The van der Waals surface area contributed by atoms with Crippen LogP contribution in [0.15, 0.2) is 36.7 Å². The normalized spacial score (nSPS) is 22.7. The molecule has 1 saturated carbocycles. The molecule has 2 atom stereocenters. The minimum atomic E-state index is -0.401. The predicted octanol–water partition coefficient (Wildman–Crippen LogP) is 2.76. The molecule has 4 rings (SSSR count). The molecule has 2 heterocycles. The summed E-state index contributed by atoms with van der Waals surface area (Å²) in [5.41, 5.74) is 2.85. The number of hydrogen-bond acceptors (Lipinski definition) is 3. The molecule has 1 aromatic heterocycles. The minimum Gasteiger partial charge on any atom is -0.338 e. The molecule has 1 aliphatic carbocycles. The van der Waals surface area contributed by atoms with Crippen LogP contribution in [0.3, 0.4) is 0 Å². The lowest BCUT2D eigenvalue weighted by atomic mass is 9.92. The van der Waals surface area contributed by atoms with Gasteiger partial charge in [-0.1, -0.05) is 29.8 Å². The Balaban J connectivity index is 1.50. The molecule has 1 aromatic carbocycles. The van der Waals surface area contributed by atoms with Crippen LogP contribution in [0.2, 0.25) is 0 Å². The summed E-state index contributed by atoms with van der Waals surface area (Å²) in [5.74, 6) is 0.201. The summed E-state index contributed by atoms with van der Waals surface area (Å²) in [6.07, 6.45) is 6.31. The van der Waals surface area contributed by atoms with E-state index in [1.54, 1.807) is 18.1 Å². The van der Waals surface area contributed by atoms with Crippen LogP contribution in [0.1, 0.15) is 36.4 Å². The van der Waals surface area contributed by atoms with E-state index in [4.69, 9.17) is 0 Å². The van der Waals surface area contributed by atoms with Gasteiger partial charge in [-0.2, -0.15) is 5.10 Å². The van der Waals surface area contributed by atoms with E-state index in [9.17, 15) is 9.59 Å². The molecule has 1 aliphatic heterocycles. The molecule has 2 unspecified atom stereocenters. The molecule has 2 aliphatic rings. The van der Waals surface area contributed by atoms with Crippen molar-refractivity contribution in [1.82, 2.24) is 14.7 Å². The van der Waals surface area contributed by atoms with Gasteiger partial charge in [0.25, 0.3) is 0 Å². The molecule has 2 aromatic rings. The van der Waals surface area contributed by atoms with Gasteiger partial charge in [-0.15, -0.1) is 0 Å². The fraction of sp³-hybridized carbons (Fsp3) is 0.450. The zero-order valence-electron chi connectivity index (χ0n) is 15.2. The molecule has 2 fully saturated rings. The maximum Gasteiger partial charge on any atom is 0.230 e. The second-order valence-electron chi connectivity index (χ2n) is 7.55. The molecule has 1 N–H and O–H groups in total. The van der Waals surface area contributed by atoms with Crippen molar-refractivity contribution in [3.8, 4) is 0 Å². The Bertz CT molecular complexity index is 823. The van der Waals surface area contributed by atoms with Crippen molar-refractivity contribution in [2.45, 2.75) is 38.8 Å². The monoisotopic (exact) mass is 352 g/mol. The summed E-state index contributed by atoms with van der Waals surface area (Å²) in [5, 5.41) is 7.27. The number of hydrogen-bond donors (Lipinski definition) is 1. The van der Waals surface area contributed by atoms with E-state index in [0.29, 0.717) is 5.69 Å². The average molecular weight is 352 g/mol. The van der Waals surface area contributed by atoms with Crippen molar-refractivity contribution in [3.63, 3.8) is 0 Å². The van der Waals surface area contributed by atoms with Crippen LogP contribution in [0, 0.1) is 18.8 Å². The SMILES string of the molecule is Cc1ccc(C2C(C(=O)Nc3cnn(CC4CC4)c3)CC(=O)N2C)cc1. The van der Waals surface area contributed by atoms with Gasteiger partial charge in [-0.3, -0.25) is 14.3 Å². The maximum absolute atomic E-state index is 12.9. The second kappa shape index (κ2) is 6.59. The third kappa shape index (κ3) is 3.36. The maximum atomic E-state index is 12.9. The van der Waals surface area contributed by atoms with Crippen molar-refractivity contribution < 1.29 is 9.59 Å². The first-order valence-corrected chi connectivity index (χ1v) is 9.17. The number of likely N-dealkylation sites (tertiary alicyclic amines) is 1. The number of benzene rings is 1. The van der Waals surface area contributed by atoms with Crippen molar-refractivity contribution in [3.05, 3.63) is 47.8 Å². The molecule has 0 bridgehead atoms. The first-order chi connectivity index (χ1) is 12.5. The molecular weight excluding hydrogens is 328 g/mol. The lowest BCUT2D eigenvalue weighted by Gasteiger charge is -2.25. The van der Waals surface area contributed by atoms with E-state index in [0.717, 1.165) is 23.6 Å². The summed E-state index contributed by atoms with van der Waals surface area (Å²) < 4.78 is 1.89. The summed E-state index contributed by atoms with van der Waals surface area (Å²) in [6, 6.07) is 7.81. The highest BCUT2D eigenvalue weighted by Crippen LogP contribution is 2.37. The Morgan fingerprint density at radius 2 is 2.00 bits per heavy atom. The summed E-state index contributed by atoms with van der Waals surface area (Å²) in [4.78, 5) is 26.8. The van der Waals surface area contributed by atoms with E-state index < -0.39 is 5.92 Å². The molecule has 6 nitrogen and oxygen atoms in total. The van der Waals surface area contributed by atoms with Gasteiger partial charge in [0.2, 0.25) is 11.8 Å². The predicted molar refractivity (Wildman–Crippen MR) is 98.4 cm³/mol. The Hall–Kier alpha value is -2.63. The van der Waals surface area contributed by atoms with E-state index in [1.165, 1.54) is 12.8 Å². The van der Waals surface area contributed by atoms with E-state index in [-0.39, 0.29) is 24.3 Å². The Labute approximate surface area is 153 Å². The number of nitrogens with one attached hydrogen (secondary N) is 1. The van der Waals surface area contributed by atoms with E-state index >= 15 is 0 Å². The van der Waals surface area contributed by atoms with E-state index in [1.807, 2.05) is 42.1 Å². The quantitative estimate of drug-likeness (QED) is 0.900. The topological polar surface area (TPSA) is 67.2 Å². The number of nitrogens with zero attached hydrogens (tertiary/aromatic N) is 3. The molecular formula is C20H24N4O2. The average Bonchev–Trinajstić information content (AvgIpc) is 3.24. The second-order valence-corrected chi connectivity index (χ2v) is 7.55. The minimum absolute atomic E-state index is 0.000142. The van der Waals surface area contributed by atoms with Crippen molar-refractivity contribution >= 4 is 17.5 Å². The number of anilines is 1. The van der Waals surface area contributed by atoms with Gasteiger partial charge in [0.05, 0.1) is 23.8 Å². The molecule has 0 spiro atoms. The third-order valence-corrected chi connectivity index (χ3v) is 5.38. The van der Waals surface area contributed by atoms with Gasteiger partial charge in [0.15, 0.2) is 0 Å². The van der Waals surface area contributed by atoms with Gasteiger partial charge in [0.1, 0.15) is 0 Å². The van der Waals surface area contributed by atoms with Gasteiger partial charge in [0, 0.05) is 26.2 Å². The number of carbonyl (C=O) groups excluding carboxylic acids is 2. The first kappa shape index (κ1) is 16.8. The standard InChI is InChI=1S/C20H24N4O2/c1-13-3-7-15(8-4-13)19-17(9-18(25)23(19)2)20(26)22-16-10-21-24(12-16)11-14-5-6-14/h3-4,7-8,10,12,14,17,19H,5-6,9,11H2,1-2H3,(H,22,26). The molecule has 0 radical (unpaired) electrons. The van der Waals surface area contributed by atoms with Crippen LogP contribution >= 0.6 is 0 Å². The van der Waals surface area contributed by atoms with Crippen molar-refractivity contribution in [1.29, 1.82) is 0 Å². The summed E-state index contributed by atoms with van der Waals surface area (Å²) >= 11 is 0. The van der Waals surface area contributed by atoms with Crippen LogP contribution in [0.25, 0.3) is 0 Å². The number of aromatic nitrogens is 2. The Morgan fingerprint density at radius 1 is 1.27 bits per heavy atom. The lowest BCUT2D eigenvalue weighted by Crippen LogP contribution is -2.29. The molecule has 26 heavy (non-hydrogen) atoms. The first-order valence-electron chi connectivity index (χ1n) is 9.17. The highest BCUT2D eigenvalue weighted by atomic mass is 16.2. The fourth-order valence-corrected chi connectivity index (χ4v) is 3.65. The molecule has 6 heteroatoms. The summed E-state index contributed by atoms with van der Waals surface area (Å²) in [6.45, 7) is 2.93. The van der Waals surface area contributed by atoms with Crippen LogP contribution in [-0.2, 0) is 16.1 Å². The number of rotatable bonds is 5. The summed E-state index contributed by atoms with van der Waals surface area (Å²) in [7, 11) is 1.77. The highest BCUT2D eigenvalue weighted by Gasteiger charge is 2.42. The smallest absolute Gasteiger partial charge is 0.230 e. The molecule has 2 amide bonds. The Morgan fingerprint density at radius 3 is 2.69 bits per heavy atom. The number of aryl methyl sites for hydroxylation is 1. The Kier molecular flexibility index (Phi) is 4.26.